The molecule has 0 aromatic carbocycles. The molecule has 0 aliphatic carbocycles. The summed E-state index contributed by atoms with van der Waals surface area (Å²) in [6.45, 7) is 2.87. The largest absolute Gasteiger partial charge is 0.465 e. The Morgan fingerprint density at radius 3 is 2.79 bits per heavy atom. The van der Waals surface area contributed by atoms with Gasteiger partial charge in [-0.1, -0.05) is 5.16 Å². The fourth-order valence-electron chi connectivity index (χ4n) is 2.66. The molecule has 1 aliphatic heterocycles. The monoisotopic (exact) mass is 329 g/mol. The summed E-state index contributed by atoms with van der Waals surface area (Å²) in [4.78, 5) is 26.1. The van der Waals surface area contributed by atoms with Crippen LogP contribution in [0.2, 0.25) is 0 Å². The van der Waals surface area contributed by atoms with E-state index in [-0.39, 0.29) is 17.7 Å². The lowest BCUT2D eigenvalue weighted by Gasteiger charge is -2.30. The lowest BCUT2D eigenvalue weighted by atomic mass is 9.96. The number of furan rings is 1. The fraction of sp³-hybridized carbons (Fsp3) is 0.353. The Balaban J connectivity index is 1.48. The average molecular weight is 329 g/mol. The van der Waals surface area contributed by atoms with E-state index in [1.165, 1.54) is 6.08 Å². The van der Waals surface area contributed by atoms with Gasteiger partial charge in [0.2, 0.25) is 11.8 Å². The van der Waals surface area contributed by atoms with Crippen LogP contribution in [0.4, 0.5) is 5.82 Å². The molecule has 1 fully saturated rings. The zero-order chi connectivity index (χ0) is 16.9. The number of likely N-dealkylation sites (tertiary alicyclic amines) is 1. The van der Waals surface area contributed by atoms with Crippen LogP contribution in [-0.2, 0) is 9.59 Å². The van der Waals surface area contributed by atoms with Gasteiger partial charge < -0.3 is 19.2 Å². The zero-order valence-corrected chi connectivity index (χ0v) is 13.4. The van der Waals surface area contributed by atoms with Crippen LogP contribution in [0.5, 0.6) is 0 Å². The molecule has 1 saturated heterocycles. The molecule has 0 unspecified atom stereocenters. The Bertz CT molecular complexity index is 725. The molecule has 0 atom stereocenters. The minimum absolute atomic E-state index is 0.0719. The van der Waals surface area contributed by atoms with Gasteiger partial charge in [-0.2, -0.15) is 0 Å². The van der Waals surface area contributed by atoms with E-state index in [4.69, 9.17) is 8.94 Å². The van der Waals surface area contributed by atoms with Gasteiger partial charge in [-0.05, 0) is 38.0 Å². The van der Waals surface area contributed by atoms with Gasteiger partial charge in [0, 0.05) is 31.1 Å². The number of hydrogen-bond donors (Lipinski definition) is 1. The maximum atomic E-state index is 12.2. The number of amides is 2. The Kier molecular flexibility index (Phi) is 4.79. The van der Waals surface area contributed by atoms with E-state index < -0.39 is 0 Å². The van der Waals surface area contributed by atoms with Crippen LogP contribution in [0.3, 0.4) is 0 Å². The van der Waals surface area contributed by atoms with Crippen molar-refractivity contribution >= 4 is 23.7 Å². The van der Waals surface area contributed by atoms with Gasteiger partial charge in [0.25, 0.3) is 0 Å². The van der Waals surface area contributed by atoms with E-state index in [9.17, 15) is 9.59 Å². The molecule has 3 rings (SSSR count). The van der Waals surface area contributed by atoms with Crippen LogP contribution in [0.15, 0.2) is 39.5 Å². The van der Waals surface area contributed by atoms with E-state index in [1.54, 1.807) is 42.4 Å². The van der Waals surface area contributed by atoms with Crippen molar-refractivity contribution in [1.29, 1.82) is 0 Å². The lowest BCUT2D eigenvalue weighted by molar-refractivity contribution is -0.130. The number of carbonyl (C=O) groups is 2. The number of anilines is 1. The van der Waals surface area contributed by atoms with E-state index in [2.05, 4.69) is 10.5 Å². The van der Waals surface area contributed by atoms with Crippen molar-refractivity contribution in [2.24, 2.45) is 5.92 Å². The first-order chi connectivity index (χ1) is 11.6. The van der Waals surface area contributed by atoms with Crippen LogP contribution >= 0.6 is 0 Å². The van der Waals surface area contributed by atoms with Crippen molar-refractivity contribution < 1.29 is 18.5 Å². The number of aromatic nitrogens is 1. The first-order valence-corrected chi connectivity index (χ1v) is 7.86. The van der Waals surface area contributed by atoms with Crippen LogP contribution in [-0.4, -0.2) is 35.0 Å². The average Bonchev–Trinajstić information content (AvgIpc) is 3.24. The number of nitrogens with zero attached hydrogens (tertiary/aromatic N) is 2. The number of hydrogen-bond acceptors (Lipinski definition) is 5. The smallest absolute Gasteiger partial charge is 0.246 e. The van der Waals surface area contributed by atoms with Crippen LogP contribution in [0.25, 0.3) is 6.08 Å². The summed E-state index contributed by atoms with van der Waals surface area (Å²) in [7, 11) is 0. The molecule has 0 spiro atoms. The summed E-state index contributed by atoms with van der Waals surface area (Å²) in [6, 6.07) is 5.23. The van der Waals surface area contributed by atoms with E-state index in [0.717, 1.165) is 0 Å². The molecule has 0 bridgehead atoms. The van der Waals surface area contributed by atoms with Crippen molar-refractivity contribution in [2.45, 2.75) is 19.8 Å². The van der Waals surface area contributed by atoms with Gasteiger partial charge in [0.15, 0.2) is 5.82 Å². The SMILES string of the molecule is Cc1cc(NC(=O)C2CCN(C(=O)C=Cc3ccco3)CC2)no1. The summed E-state index contributed by atoms with van der Waals surface area (Å²) in [5, 5.41) is 6.50. The molecule has 24 heavy (non-hydrogen) atoms. The van der Waals surface area contributed by atoms with Crippen LogP contribution in [0.1, 0.15) is 24.4 Å². The van der Waals surface area contributed by atoms with Gasteiger partial charge in [0.05, 0.1) is 6.26 Å². The van der Waals surface area contributed by atoms with Crippen molar-refractivity contribution in [3.63, 3.8) is 0 Å². The van der Waals surface area contributed by atoms with Gasteiger partial charge in [-0.25, -0.2) is 0 Å². The zero-order valence-electron chi connectivity index (χ0n) is 13.4. The van der Waals surface area contributed by atoms with Crippen molar-refractivity contribution in [3.8, 4) is 0 Å². The lowest BCUT2D eigenvalue weighted by Crippen LogP contribution is -2.40. The van der Waals surface area contributed by atoms with Gasteiger partial charge >= 0.3 is 0 Å². The minimum Gasteiger partial charge on any atom is -0.465 e. The third-order valence-corrected chi connectivity index (χ3v) is 3.99. The standard InChI is InChI=1S/C17H19N3O4/c1-12-11-15(19-24-12)18-17(22)13-6-8-20(9-7-13)16(21)5-4-14-3-2-10-23-14/h2-5,10-11,13H,6-9H2,1H3,(H,18,19,22). The third-order valence-electron chi connectivity index (χ3n) is 3.99. The molecule has 7 heteroatoms. The van der Waals surface area contributed by atoms with Crippen molar-refractivity contribution in [2.75, 3.05) is 18.4 Å². The summed E-state index contributed by atoms with van der Waals surface area (Å²) in [6.07, 6.45) is 5.96. The number of aryl methyl sites for hydroxylation is 1. The first-order valence-electron chi connectivity index (χ1n) is 7.86. The Hall–Kier alpha value is -2.83. The normalized spacial score (nSPS) is 15.8. The molecule has 1 aliphatic rings. The topological polar surface area (TPSA) is 88.6 Å². The molecule has 2 amide bonds. The number of rotatable bonds is 4. The molecule has 3 heterocycles. The molecular formula is C17H19N3O4. The Labute approximate surface area is 139 Å². The highest BCUT2D eigenvalue weighted by molar-refractivity contribution is 5.93. The van der Waals surface area contributed by atoms with Crippen LogP contribution < -0.4 is 5.32 Å². The summed E-state index contributed by atoms with van der Waals surface area (Å²) >= 11 is 0. The predicted octanol–water partition coefficient (Wildman–Crippen LogP) is 2.47. The minimum atomic E-state index is -0.125. The maximum Gasteiger partial charge on any atom is 0.246 e. The highest BCUT2D eigenvalue weighted by Gasteiger charge is 2.27. The highest BCUT2D eigenvalue weighted by atomic mass is 16.5. The molecule has 2 aromatic rings. The van der Waals surface area contributed by atoms with Crippen molar-refractivity contribution in [3.05, 3.63) is 42.1 Å². The van der Waals surface area contributed by atoms with E-state index >= 15 is 0 Å². The molecule has 126 valence electrons. The second-order valence-corrected chi connectivity index (χ2v) is 5.76. The summed E-state index contributed by atoms with van der Waals surface area (Å²) in [5.74, 6) is 1.44. The molecule has 0 radical (unpaired) electrons. The predicted molar refractivity (Wildman–Crippen MR) is 86.9 cm³/mol. The number of piperidine rings is 1. The van der Waals surface area contributed by atoms with Crippen molar-refractivity contribution in [1.82, 2.24) is 10.1 Å². The quantitative estimate of drug-likeness (QED) is 0.871. The highest BCUT2D eigenvalue weighted by Crippen LogP contribution is 2.20. The van der Waals surface area contributed by atoms with E-state index in [0.29, 0.717) is 43.3 Å². The molecule has 2 aromatic heterocycles. The third kappa shape index (κ3) is 3.92. The van der Waals surface area contributed by atoms with Gasteiger partial charge in [0.1, 0.15) is 11.5 Å². The summed E-state index contributed by atoms with van der Waals surface area (Å²) < 4.78 is 10.1. The van der Waals surface area contributed by atoms with Gasteiger partial charge in [-0.3, -0.25) is 9.59 Å². The van der Waals surface area contributed by atoms with E-state index in [1.807, 2.05) is 0 Å². The first kappa shape index (κ1) is 16.0. The second kappa shape index (κ2) is 7.16. The van der Waals surface area contributed by atoms with Crippen LogP contribution in [0, 0.1) is 12.8 Å². The number of carbonyl (C=O) groups excluding carboxylic acids is 2. The van der Waals surface area contributed by atoms with Gasteiger partial charge in [-0.15, -0.1) is 0 Å². The second-order valence-electron chi connectivity index (χ2n) is 5.76. The molecule has 7 nitrogen and oxygen atoms in total. The number of nitrogens with one attached hydrogen (secondary N) is 1. The Morgan fingerprint density at radius 2 is 2.17 bits per heavy atom. The maximum absolute atomic E-state index is 12.2. The fourth-order valence-corrected chi connectivity index (χ4v) is 2.66. The molecular weight excluding hydrogens is 310 g/mol. The molecule has 1 N–H and O–H groups in total. The molecule has 0 saturated carbocycles. The summed E-state index contributed by atoms with van der Waals surface area (Å²) in [5.41, 5.74) is 0. The Morgan fingerprint density at radius 1 is 1.38 bits per heavy atom.